The molecule has 0 aliphatic carbocycles. The Morgan fingerprint density at radius 1 is 1.35 bits per heavy atom. The van der Waals surface area contributed by atoms with Gasteiger partial charge in [0.1, 0.15) is 6.54 Å². The minimum absolute atomic E-state index is 0.119. The molecule has 1 N–H and O–H groups in total. The first-order chi connectivity index (χ1) is 8.25. The number of carboxylic acids is 1. The lowest BCUT2D eigenvalue weighted by Gasteiger charge is -2.10. The van der Waals surface area contributed by atoms with Crippen LogP contribution < -0.4 is 0 Å². The zero-order chi connectivity index (χ0) is 11.8. The average molecular weight is 227 g/mol. The van der Waals surface area contributed by atoms with Gasteiger partial charge in [0, 0.05) is 11.1 Å². The van der Waals surface area contributed by atoms with Gasteiger partial charge in [0.2, 0.25) is 0 Å². The SMILES string of the molecule is O=C(O)CC1=C2C(=Nc3ccccc32)CN=N1. The molecular formula is C12H9N3O2. The molecule has 0 fully saturated rings. The monoisotopic (exact) mass is 227 g/mol. The highest BCUT2D eigenvalue weighted by molar-refractivity contribution is 6.31. The zero-order valence-corrected chi connectivity index (χ0v) is 8.92. The summed E-state index contributed by atoms with van der Waals surface area (Å²) in [5.74, 6) is -0.905. The van der Waals surface area contributed by atoms with E-state index >= 15 is 0 Å². The number of para-hydroxylation sites is 1. The normalized spacial score (nSPS) is 16.6. The molecule has 5 heteroatoms. The molecule has 0 saturated heterocycles. The van der Waals surface area contributed by atoms with E-state index in [4.69, 9.17) is 5.11 Å². The van der Waals surface area contributed by atoms with Crippen LogP contribution in [0.25, 0.3) is 5.57 Å². The lowest BCUT2D eigenvalue weighted by atomic mass is 9.98. The van der Waals surface area contributed by atoms with Gasteiger partial charge in [0.15, 0.2) is 0 Å². The molecule has 84 valence electrons. The first kappa shape index (κ1) is 9.89. The van der Waals surface area contributed by atoms with Crippen molar-refractivity contribution in [2.24, 2.45) is 15.2 Å². The van der Waals surface area contributed by atoms with Crippen LogP contribution in [0.4, 0.5) is 5.69 Å². The third kappa shape index (κ3) is 1.56. The standard InChI is InChI=1S/C12H9N3O2/c16-11(17)5-9-12-7-3-1-2-4-8(7)14-10(12)6-13-15-9/h1-4H,5-6H2,(H,16,17). The third-order valence-corrected chi connectivity index (χ3v) is 2.74. The molecule has 2 heterocycles. The van der Waals surface area contributed by atoms with Crippen LogP contribution in [0, 0.1) is 0 Å². The molecule has 5 nitrogen and oxygen atoms in total. The van der Waals surface area contributed by atoms with Crippen molar-refractivity contribution >= 4 is 22.9 Å². The summed E-state index contributed by atoms with van der Waals surface area (Å²) in [5, 5.41) is 16.7. The van der Waals surface area contributed by atoms with Crippen LogP contribution in [0.2, 0.25) is 0 Å². The maximum atomic E-state index is 10.8. The van der Waals surface area contributed by atoms with Crippen molar-refractivity contribution in [3.8, 4) is 0 Å². The molecule has 0 saturated carbocycles. The van der Waals surface area contributed by atoms with Gasteiger partial charge in [-0.25, -0.2) is 0 Å². The molecule has 1 aromatic rings. The van der Waals surface area contributed by atoms with Gasteiger partial charge in [-0.2, -0.15) is 10.2 Å². The Morgan fingerprint density at radius 3 is 3.00 bits per heavy atom. The second kappa shape index (κ2) is 3.62. The summed E-state index contributed by atoms with van der Waals surface area (Å²) in [7, 11) is 0. The van der Waals surface area contributed by atoms with Crippen LogP contribution in [0.3, 0.4) is 0 Å². The van der Waals surface area contributed by atoms with Gasteiger partial charge in [0.25, 0.3) is 0 Å². The Labute approximate surface area is 97.2 Å². The number of benzene rings is 1. The summed E-state index contributed by atoms with van der Waals surface area (Å²) < 4.78 is 0. The molecule has 0 radical (unpaired) electrons. The van der Waals surface area contributed by atoms with Gasteiger partial charge in [-0.3, -0.25) is 9.79 Å². The Bertz CT molecular complexity index is 600. The van der Waals surface area contributed by atoms with Crippen LogP contribution in [-0.4, -0.2) is 23.3 Å². The summed E-state index contributed by atoms with van der Waals surface area (Å²) in [6.07, 6.45) is -0.119. The van der Waals surface area contributed by atoms with E-state index in [9.17, 15) is 4.79 Å². The molecule has 0 aromatic heterocycles. The van der Waals surface area contributed by atoms with E-state index in [2.05, 4.69) is 15.2 Å². The lowest BCUT2D eigenvalue weighted by molar-refractivity contribution is -0.136. The van der Waals surface area contributed by atoms with Crippen molar-refractivity contribution in [3.05, 3.63) is 35.5 Å². The Hall–Kier alpha value is -2.30. The third-order valence-electron chi connectivity index (χ3n) is 2.74. The average Bonchev–Trinajstić information content (AvgIpc) is 2.67. The van der Waals surface area contributed by atoms with Crippen LogP contribution in [0.5, 0.6) is 0 Å². The first-order valence-electron chi connectivity index (χ1n) is 5.25. The molecule has 2 aliphatic heterocycles. The predicted molar refractivity (Wildman–Crippen MR) is 62.4 cm³/mol. The fraction of sp³-hybridized carbons (Fsp3) is 0.167. The minimum Gasteiger partial charge on any atom is -0.481 e. The number of azo groups is 1. The maximum absolute atomic E-state index is 10.8. The molecule has 0 bridgehead atoms. The quantitative estimate of drug-likeness (QED) is 0.842. The van der Waals surface area contributed by atoms with E-state index in [1.54, 1.807) is 0 Å². The maximum Gasteiger partial charge on any atom is 0.309 e. The molecule has 0 atom stereocenters. The highest BCUT2D eigenvalue weighted by atomic mass is 16.4. The van der Waals surface area contributed by atoms with Crippen LogP contribution >= 0.6 is 0 Å². The highest BCUT2D eigenvalue weighted by Gasteiger charge is 2.27. The Kier molecular flexibility index (Phi) is 2.11. The van der Waals surface area contributed by atoms with Gasteiger partial charge in [-0.05, 0) is 6.07 Å². The van der Waals surface area contributed by atoms with Gasteiger partial charge < -0.3 is 5.11 Å². The van der Waals surface area contributed by atoms with E-state index in [0.29, 0.717) is 12.2 Å². The number of carboxylic acid groups (broad SMARTS) is 1. The topological polar surface area (TPSA) is 74.4 Å². The van der Waals surface area contributed by atoms with E-state index in [0.717, 1.165) is 22.5 Å². The van der Waals surface area contributed by atoms with Gasteiger partial charge in [0.05, 0.1) is 23.5 Å². The number of aliphatic imine (C=N–C) groups is 1. The Balaban J connectivity index is 2.17. The van der Waals surface area contributed by atoms with Crippen LogP contribution in [0.15, 0.2) is 45.2 Å². The summed E-state index contributed by atoms with van der Waals surface area (Å²) in [6, 6.07) is 7.66. The van der Waals surface area contributed by atoms with Crippen LogP contribution in [0.1, 0.15) is 12.0 Å². The predicted octanol–water partition coefficient (Wildman–Crippen LogP) is 2.42. The van der Waals surface area contributed by atoms with Crippen molar-refractivity contribution in [1.29, 1.82) is 0 Å². The first-order valence-corrected chi connectivity index (χ1v) is 5.25. The van der Waals surface area contributed by atoms with Crippen LogP contribution in [-0.2, 0) is 4.79 Å². The van der Waals surface area contributed by atoms with E-state index < -0.39 is 5.97 Å². The van der Waals surface area contributed by atoms with Crippen molar-refractivity contribution in [2.75, 3.05) is 6.54 Å². The van der Waals surface area contributed by atoms with Crippen molar-refractivity contribution in [1.82, 2.24) is 0 Å². The molecule has 0 unspecified atom stereocenters. The summed E-state index contributed by atoms with van der Waals surface area (Å²) >= 11 is 0. The Morgan fingerprint density at radius 2 is 2.18 bits per heavy atom. The summed E-state index contributed by atoms with van der Waals surface area (Å²) in [5.41, 5.74) is 3.98. The number of carbonyl (C=O) groups is 1. The molecule has 2 aliphatic rings. The summed E-state index contributed by atoms with van der Waals surface area (Å²) in [6.45, 7) is 0.424. The van der Waals surface area contributed by atoms with Crippen molar-refractivity contribution < 1.29 is 9.90 Å². The number of hydrogen-bond acceptors (Lipinski definition) is 4. The zero-order valence-electron chi connectivity index (χ0n) is 8.92. The fourth-order valence-corrected chi connectivity index (χ4v) is 2.08. The van der Waals surface area contributed by atoms with E-state index in [-0.39, 0.29) is 6.42 Å². The largest absolute Gasteiger partial charge is 0.481 e. The van der Waals surface area contributed by atoms with Crippen molar-refractivity contribution in [3.63, 3.8) is 0 Å². The lowest BCUT2D eigenvalue weighted by Crippen LogP contribution is -2.10. The second-order valence-electron chi connectivity index (χ2n) is 3.87. The smallest absolute Gasteiger partial charge is 0.309 e. The van der Waals surface area contributed by atoms with E-state index in [1.807, 2.05) is 24.3 Å². The number of nitrogens with zero attached hydrogens (tertiary/aromatic N) is 3. The molecule has 3 rings (SSSR count). The van der Waals surface area contributed by atoms with Gasteiger partial charge >= 0.3 is 5.97 Å². The minimum atomic E-state index is -0.905. The van der Waals surface area contributed by atoms with E-state index in [1.165, 1.54) is 0 Å². The molecule has 0 spiro atoms. The molecular weight excluding hydrogens is 218 g/mol. The molecule has 17 heavy (non-hydrogen) atoms. The number of fused-ring (bicyclic) bond motifs is 3. The number of hydrogen-bond donors (Lipinski definition) is 1. The highest BCUT2D eigenvalue weighted by Crippen LogP contribution is 2.39. The summed E-state index contributed by atoms with van der Waals surface area (Å²) in [4.78, 5) is 15.2. The molecule has 0 amide bonds. The molecule has 1 aromatic carbocycles. The number of rotatable bonds is 2. The van der Waals surface area contributed by atoms with Gasteiger partial charge in [-0.15, -0.1) is 0 Å². The fourth-order valence-electron chi connectivity index (χ4n) is 2.08. The number of aliphatic carboxylic acids is 1. The van der Waals surface area contributed by atoms with Gasteiger partial charge in [-0.1, -0.05) is 18.2 Å². The second-order valence-corrected chi connectivity index (χ2v) is 3.87. The van der Waals surface area contributed by atoms with Crippen molar-refractivity contribution in [2.45, 2.75) is 6.42 Å².